The molecular weight excluding hydrogens is 318 g/mol. The molecule has 1 fully saturated rings. The van der Waals surface area contributed by atoms with Gasteiger partial charge in [0.05, 0.1) is 23.7 Å². The van der Waals surface area contributed by atoms with Crippen LogP contribution in [0, 0.1) is 5.92 Å². The van der Waals surface area contributed by atoms with Crippen molar-refractivity contribution < 1.29 is 9.53 Å². The number of ether oxygens (including phenoxy) is 1. The van der Waals surface area contributed by atoms with Gasteiger partial charge in [-0.3, -0.25) is 13.9 Å². The third-order valence-corrected chi connectivity index (χ3v) is 5.14. The minimum atomic E-state index is -0.177. The van der Waals surface area contributed by atoms with Crippen molar-refractivity contribution in [2.45, 2.75) is 45.3 Å². The number of nitrogens with one attached hydrogen (secondary N) is 1. The van der Waals surface area contributed by atoms with Crippen molar-refractivity contribution >= 4 is 16.9 Å². The number of benzene rings is 1. The summed E-state index contributed by atoms with van der Waals surface area (Å²) < 4.78 is 8.98. The third kappa shape index (κ3) is 3.95. The zero-order valence-electron chi connectivity index (χ0n) is 15.0. The molecular formula is C19H27N3O3. The average molecular weight is 345 g/mol. The second-order valence-electron chi connectivity index (χ2n) is 6.94. The van der Waals surface area contributed by atoms with E-state index in [-0.39, 0.29) is 18.1 Å². The van der Waals surface area contributed by atoms with E-state index >= 15 is 0 Å². The zero-order valence-corrected chi connectivity index (χ0v) is 15.0. The molecule has 0 aliphatic heterocycles. The van der Waals surface area contributed by atoms with Gasteiger partial charge in [-0.15, -0.1) is 0 Å². The van der Waals surface area contributed by atoms with Crippen molar-refractivity contribution in [2.75, 3.05) is 13.2 Å². The van der Waals surface area contributed by atoms with Gasteiger partial charge in [0.25, 0.3) is 0 Å². The van der Waals surface area contributed by atoms with Gasteiger partial charge in [-0.05, 0) is 30.9 Å². The first kappa shape index (κ1) is 17.7. The third-order valence-electron chi connectivity index (χ3n) is 5.14. The van der Waals surface area contributed by atoms with Crippen LogP contribution in [0.3, 0.4) is 0 Å². The summed E-state index contributed by atoms with van der Waals surface area (Å²) >= 11 is 0. The van der Waals surface area contributed by atoms with E-state index in [4.69, 9.17) is 4.74 Å². The first-order valence-corrected chi connectivity index (χ1v) is 9.10. The fourth-order valence-corrected chi connectivity index (χ4v) is 3.65. The summed E-state index contributed by atoms with van der Waals surface area (Å²) in [6.45, 7) is 3.25. The number of nitrogens with zero attached hydrogens (tertiary/aromatic N) is 2. The average Bonchev–Trinajstić information content (AvgIpc) is 2.85. The zero-order chi connectivity index (χ0) is 17.8. The van der Waals surface area contributed by atoms with Crippen LogP contribution in [0.5, 0.6) is 0 Å². The van der Waals surface area contributed by atoms with Crippen molar-refractivity contribution in [1.29, 1.82) is 0 Å². The monoisotopic (exact) mass is 345 g/mol. The van der Waals surface area contributed by atoms with E-state index in [1.807, 2.05) is 24.3 Å². The second-order valence-corrected chi connectivity index (χ2v) is 6.94. The number of carbonyl (C=O) groups excluding carboxylic acids is 1. The number of aromatic nitrogens is 2. The summed E-state index contributed by atoms with van der Waals surface area (Å²) in [5.41, 5.74) is 1.43. The van der Waals surface area contributed by atoms with Gasteiger partial charge >= 0.3 is 5.69 Å². The Kier molecular flexibility index (Phi) is 5.58. The van der Waals surface area contributed by atoms with E-state index in [9.17, 15) is 9.59 Å². The van der Waals surface area contributed by atoms with Gasteiger partial charge in [0, 0.05) is 13.6 Å². The van der Waals surface area contributed by atoms with Gasteiger partial charge in [-0.25, -0.2) is 4.79 Å². The lowest BCUT2D eigenvalue weighted by Gasteiger charge is -2.28. The molecule has 6 nitrogen and oxygen atoms in total. The van der Waals surface area contributed by atoms with Crippen LogP contribution >= 0.6 is 0 Å². The number of aryl methyl sites for hydroxylation is 1. The van der Waals surface area contributed by atoms with Crippen molar-refractivity contribution in [2.24, 2.45) is 13.0 Å². The molecule has 1 aliphatic carbocycles. The van der Waals surface area contributed by atoms with Crippen molar-refractivity contribution in [3.63, 3.8) is 0 Å². The van der Waals surface area contributed by atoms with E-state index in [1.54, 1.807) is 11.6 Å². The number of carbonyl (C=O) groups is 1. The minimum Gasteiger partial charge on any atom is -0.376 e. The summed E-state index contributed by atoms with van der Waals surface area (Å²) in [5, 5.41) is 2.85. The van der Waals surface area contributed by atoms with Crippen LogP contribution in [0.25, 0.3) is 11.0 Å². The van der Waals surface area contributed by atoms with E-state index in [0.717, 1.165) is 17.5 Å². The highest BCUT2D eigenvalue weighted by Gasteiger charge is 2.21. The smallest absolute Gasteiger partial charge is 0.329 e. The highest BCUT2D eigenvalue weighted by Crippen LogP contribution is 2.25. The molecule has 1 heterocycles. The highest BCUT2D eigenvalue weighted by molar-refractivity contribution is 5.80. The summed E-state index contributed by atoms with van der Waals surface area (Å²) in [6, 6.07) is 7.49. The Labute approximate surface area is 147 Å². The predicted octanol–water partition coefficient (Wildman–Crippen LogP) is 2.05. The molecule has 1 aliphatic rings. The molecule has 0 saturated heterocycles. The number of amides is 1. The van der Waals surface area contributed by atoms with Crippen LogP contribution in [-0.2, 0) is 23.1 Å². The Morgan fingerprint density at radius 2 is 1.96 bits per heavy atom. The van der Waals surface area contributed by atoms with Gasteiger partial charge in [0.1, 0.15) is 6.54 Å². The maximum atomic E-state index is 12.3. The summed E-state index contributed by atoms with van der Waals surface area (Å²) in [7, 11) is 1.72. The number of hydrogen-bond acceptors (Lipinski definition) is 3. The summed E-state index contributed by atoms with van der Waals surface area (Å²) in [6.07, 6.45) is 5.16. The van der Waals surface area contributed by atoms with E-state index in [1.165, 1.54) is 23.8 Å². The lowest BCUT2D eigenvalue weighted by atomic mass is 9.88. The van der Waals surface area contributed by atoms with E-state index < -0.39 is 0 Å². The fraction of sp³-hybridized carbons (Fsp3) is 0.579. The molecule has 1 aromatic heterocycles. The van der Waals surface area contributed by atoms with Gasteiger partial charge in [0.2, 0.25) is 5.91 Å². The van der Waals surface area contributed by atoms with Crippen molar-refractivity contribution in [1.82, 2.24) is 14.5 Å². The molecule has 2 aromatic rings. The normalized spacial score (nSPS) is 20.7. The summed E-state index contributed by atoms with van der Waals surface area (Å²) in [4.78, 5) is 24.5. The Bertz CT molecular complexity index is 793. The second kappa shape index (κ2) is 7.87. The van der Waals surface area contributed by atoms with E-state index in [2.05, 4.69) is 12.2 Å². The minimum absolute atomic E-state index is 0.0278. The lowest BCUT2D eigenvalue weighted by Crippen LogP contribution is -2.35. The number of hydrogen-bond donors (Lipinski definition) is 1. The molecule has 2 unspecified atom stereocenters. The van der Waals surface area contributed by atoms with Crippen LogP contribution in [-0.4, -0.2) is 34.3 Å². The Morgan fingerprint density at radius 1 is 1.24 bits per heavy atom. The van der Waals surface area contributed by atoms with E-state index in [0.29, 0.717) is 25.2 Å². The molecule has 6 heteroatoms. The Hall–Kier alpha value is -2.08. The number of rotatable bonds is 6. The van der Waals surface area contributed by atoms with Gasteiger partial charge in [0.15, 0.2) is 0 Å². The van der Waals surface area contributed by atoms with Crippen molar-refractivity contribution in [3.05, 3.63) is 34.7 Å². The molecule has 1 aromatic carbocycles. The topological polar surface area (TPSA) is 65.3 Å². The Morgan fingerprint density at radius 3 is 2.72 bits per heavy atom. The number of fused-ring (bicyclic) bond motifs is 1. The van der Waals surface area contributed by atoms with Gasteiger partial charge in [-0.2, -0.15) is 0 Å². The number of imidazole rings is 1. The van der Waals surface area contributed by atoms with Crippen LogP contribution in [0.15, 0.2) is 29.1 Å². The molecule has 25 heavy (non-hydrogen) atoms. The van der Waals surface area contributed by atoms with Crippen LogP contribution < -0.4 is 11.0 Å². The molecule has 1 saturated carbocycles. The maximum Gasteiger partial charge on any atom is 0.329 e. The molecule has 0 radical (unpaired) electrons. The molecule has 136 valence electrons. The van der Waals surface area contributed by atoms with Gasteiger partial charge < -0.3 is 10.1 Å². The fourth-order valence-electron chi connectivity index (χ4n) is 3.65. The van der Waals surface area contributed by atoms with Gasteiger partial charge in [-0.1, -0.05) is 31.9 Å². The molecule has 1 amide bonds. The molecule has 2 atom stereocenters. The first-order valence-electron chi connectivity index (χ1n) is 9.10. The first-order chi connectivity index (χ1) is 12.1. The van der Waals surface area contributed by atoms with Crippen LogP contribution in [0.4, 0.5) is 0 Å². The highest BCUT2D eigenvalue weighted by atomic mass is 16.5. The van der Waals surface area contributed by atoms with Crippen molar-refractivity contribution in [3.8, 4) is 0 Å². The standard InChI is InChI=1S/C19H27N3O3/c1-14-7-3-6-10-17(14)25-12-11-20-18(23)13-22-16-9-5-4-8-15(16)21(2)19(22)24/h4-5,8-9,14,17H,3,6-7,10-13H2,1-2H3,(H,20,23). The molecule has 1 N–H and O–H groups in total. The predicted molar refractivity (Wildman–Crippen MR) is 97.6 cm³/mol. The maximum absolute atomic E-state index is 12.3. The largest absolute Gasteiger partial charge is 0.376 e. The molecule has 0 spiro atoms. The molecule has 3 rings (SSSR count). The quantitative estimate of drug-likeness (QED) is 0.815. The summed E-state index contributed by atoms with van der Waals surface area (Å²) in [5.74, 6) is 0.428. The van der Waals surface area contributed by atoms with Crippen LogP contribution in [0.2, 0.25) is 0 Å². The lowest BCUT2D eigenvalue weighted by molar-refractivity contribution is -0.122. The SMILES string of the molecule is CC1CCCCC1OCCNC(=O)Cn1c(=O)n(C)c2ccccc21. The number of para-hydroxylation sites is 2. The van der Waals surface area contributed by atoms with Crippen LogP contribution in [0.1, 0.15) is 32.6 Å². The molecule has 0 bridgehead atoms. The Balaban J connectivity index is 1.52.